The first-order valence-corrected chi connectivity index (χ1v) is 6.87. The lowest BCUT2D eigenvalue weighted by Gasteiger charge is -2.05. The highest BCUT2D eigenvalue weighted by Gasteiger charge is 2.18. The minimum absolute atomic E-state index is 0.574. The summed E-state index contributed by atoms with van der Waals surface area (Å²) in [5.41, 5.74) is 1.64. The van der Waals surface area contributed by atoms with Gasteiger partial charge in [-0.25, -0.2) is 0 Å². The van der Waals surface area contributed by atoms with Crippen LogP contribution in [0.5, 0.6) is 0 Å². The van der Waals surface area contributed by atoms with Gasteiger partial charge in [0, 0.05) is 20.8 Å². The van der Waals surface area contributed by atoms with Gasteiger partial charge in [0.2, 0.25) is 0 Å². The van der Waals surface area contributed by atoms with Gasteiger partial charge in [-0.1, -0.05) is 18.2 Å². The van der Waals surface area contributed by atoms with Gasteiger partial charge in [0.1, 0.15) is 17.4 Å². The fraction of sp³-hybridized carbons (Fsp3) is 0.0769. The molecule has 0 saturated carbocycles. The predicted octanol–water partition coefficient (Wildman–Crippen LogP) is 4.34. The van der Waals surface area contributed by atoms with E-state index in [0.717, 1.165) is 21.0 Å². The third kappa shape index (κ3) is 1.92. The smallest absolute Gasteiger partial charge is 0.139 e. The molecule has 2 nitrogen and oxygen atoms in total. The van der Waals surface area contributed by atoms with Crippen molar-refractivity contribution in [2.24, 2.45) is 0 Å². The second-order valence-electron chi connectivity index (χ2n) is 3.76. The van der Waals surface area contributed by atoms with Crippen LogP contribution in [0.4, 0.5) is 0 Å². The van der Waals surface area contributed by atoms with Crippen molar-refractivity contribution in [1.29, 1.82) is 0 Å². The molecule has 3 aromatic rings. The topological polar surface area (TPSA) is 33.4 Å². The summed E-state index contributed by atoms with van der Waals surface area (Å²) in [4.78, 5) is 0. The van der Waals surface area contributed by atoms with Crippen LogP contribution in [0.25, 0.3) is 11.0 Å². The molecule has 0 bridgehead atoms. The first kappa shape index (κ1) is 11.0. The van der Waals surface area contributed by atoms with Gasteiger partial charge in [-0.05, 0) is 33.4 Å². The standard InChI is InChI=1S/C13H9BrO2S/c14-10-7-17-6-9(10)13(15)12-5-8-3-1-2-4-11(8)16-12/h1-7,13,15H. The average Bonchev–Trinajstić information content (AvgIpc) is 2.93. The number of aliphatic hydroxyl groups excluding tert-OH is 1. The molecular formula is C13H9BrO2S. The third-order valence-electron chi connectivity index (χ3n) is 2.65. The zero-order chi connectivity index (χ0) is 11.8. The molecule has 0 aliphatic rings. The van der Waals surface area contributed by atoms with Crippen molar-refractivity contribution in [2.45, 2.75) is 6.10 Å². The molecule has 1 atom stereocenters. The van der Waals surface area contributed by atoms with E-state index in [0.29, 0.717) is 5.76 Å². The third-order valence-corrected chi connectivity index (χ3v) is 4.40. The van der Waals surface area contributed by atoms with Crippen LogP contribution in [0.3, 0.4) is 0 Å². The number of aliphatic hydroxyl groups is 1. The van der Waals surface area contributed by atoms with Gasteiger partial charge < -0.3 is 9.52 Å². The van der Waals surface area contributed by atoms with E-state index >= 15 is 0 Å². The van der Waals surface area contributed by atoms with Crippen molar-refractivity contribution in [3.05, 3.63) is 56.9 Å². The zero-order valence-corrected chi connectivity index (χ0v) is 11.2. The van der Waals surface area contributed by atoms with Crippen LogP contribution in [-0.4, -0.2) is 5.11 Å². The van der Waals surface area contributed by atoms with Gasteiger partial charge >= 0.3 is 0 Å². The number of benzene rings is 1. The zero-order valence-electron chi connectivity index (χ0n) is 8.76. The molecule has 86 valence electrons. The quantitative estimate of drug-likeness (QED) is 0.764. The Morgan fingerprint density at radius 1 is 1.24 bits per heavy atom. The summed E-state index contributed by atoms with van der Waals surface area (Å²) in [6, 6.07) is 9.62. The Kier molecular flexibility index (Phi) is 2.78. The fourth-order valence-electron chi connectivity index (χ4n) is 1.78. The van der Waals surface area contributed by atoms with Crippen LogP contribution in [0.2, 0.25) is 0 Å². The number of thiophene rings is 1. The molecule has 4 heteroatoms. The lowest BCUT2D eigenvalue weighted by Crippen LogP contribution is -1.96. The van der Waals surface area contributed by atoms with Crippen LogP contribution in [0.15, 0.2) is 50.0 Å². The van der Waals surface area contributed by atoms with Crippen molar-refractivity contribution in [3.8, 4) is 0 Å². The molecule has 0 radical (unpaired) electrons. The Morgan fingerprint density at radius 3 is 2.76 bits per heavy atom. The summed E-state index contributed by atoms with van der Waals surface area (Å²) < 4.78 is 6.55. The minimum atomic E-state index is -0.719. The number of halogens is 1. The maximum Gasteiger partial charge on any atom is 0.139 e. The molecule has 1 N–H and O–H groups in total. The summed E-state index contributed by atoms with van der Waals surface area (Å²) in [6.07, 6.45) is -0.719. The van der Waals surface area contributed by atoms with E-state index in [1.165, 1.54) is 0 Å². The van der Waals surface area contributed by atoms with Gasteiger partial charge in [-0.2, -0.15) is 11.3 Å². The lowest BCUT2D eigenvalue weighted by molar-refractivity contribution is 0.192. The molecule has 1 aromatic carbocycles. The average molecular weight is 309 g/mol. The first-order valence-electron chi connectivity index (χ1n) is 5.14. The highest BCUT2D eigenvalue weighted by molar-refractivity contribution is 9.10. The van der Waals surface area contributed by atoms with E-state index in [4.69, 9.17) is 4.42 Å². The molecule has 0 amide bonds. The molecule has 2 aromatic heterocycles. The Hall–Kier alpha value is -1.10. The van der Waals surface area contributed by atoms with E-state index in [2.05, 4.69) is 15.9 Å². The van der Waals surface area contributed by atoms with E-state index < -0.39 is 6.10 Å². The highest BCUT2D eigenvalue weighted by Crippen LogP contribution is 2.33. The van der Waals surface area contributed by atoms with E-state index in [1.807, 2.05) is 41.1 Å². The number of para-hydroxylation sites is 1. The second-order valence-corrected chi connectivity index (χ2v) is 5.36. The number of hydrogen-bond donors (Lipinski definition) is 1. The van der Waals surface area contributed by atoms with Gasteiger partial charge in [0.25, 0.3) is 0 Å². The van der Waals surface area contributed by atoms with Crippen LogP contribution in [0, 0.1) is 0 Å². The Labute approximate surface area is 111 Å². The SMILES string of the molecule is OC(c1cc2ccccc2o1)c1cscc1Br. The van der Waals surface area contributed by atoms with Crippen molar-refractivity contribution < 1.29 is 9.52 Å². The molecule has 0 spiro atoms. The van der Waals surface area contributed by atoms with Crippen LogP contribution in [-0.2, 0) is 0 Å². The molecule has 17 heavy (non-hydrogen) atoms. The van der Waals surface area contributed by atoms with E-state index in [-0.39, 0.29) is 0 Å². The maximum absolute atomic E-state index is 10.2. The van der Waals surface area contributed by atoms with Crippen LogP contribution >= 0.6 is 27.3 Å². The molecular weight excluding hydrogens is 300 g/mol. The summed E-state index contributed by atoms with van der Waals surface area (Å²) in [7, 11) is 0. The summed E-state index contributed by atoms with van der Waals surface area (Å²) in [6.45, 7) is 0. The summed E-state index contributed by atoms with van der Waals surface area (Å²) >= 11 is 4.96. The van der Waals surface area contributed by atoms with Crippen molar-refractivity contribution in [1.82, 2.24) is 0 Å². The molecule has 3 rings (SSSR count). The second kappa shape index (κ2) is 4.29. The monoisotopic (exact) mass is 308 g/mol. The number of hydrogen-bond acceptors (Lipinski definition) is 3. The lowest BCUT2D eigenvalue weighted by atomic mass is 10.1. The van der Waals surface area contributed by atoms with Crippen LogP contribution in [0.1, 0.15) is 17.4 Å². The van der Waals surface area contributed by atoms with Gasteiger partial charge in [0.15, 0.2) is 0 Å². The highest BCUT2D eigenvalue weighted by atomic mass is 79.9. The first-order chi connectivity index (χ1) is 8.25. The van der Waals surface area contributed by atoms with E-state index in [1.54, 1.807) is 11.3 Å². The molecule has 0 aliphatic heterocycles. The van der Waals surface area contributed by atoms with Gasteiger partial charge in [-0.15, -0.1) is 0 Å². The van der Waals surface area contributed by atoms with Crippen molar-refractivity contribution in [3.63, 3.8) is 0 Å². The summed E-state index contributed by atoms with van der Waals surface area (Å²) in [5.74, 6) is 0.574. The number of fused-ring (bicyclic) bond motifs is 1. The van der Waals surface area contributed by atoms with Crippen molar-refractivity contribution in [2.75, 3.05) is 0 Å². The Morgan fingerprint density at radius 2 is 2.06 bits per heavy atom. The minimum Gasteiger partial charge on any atom is -0.458 e. The maximum atomic E-state index is 10.2. The van der Waals surface area contributed by atoms with Gasteiger partial charge in [0.05, 0.1) is 0 Å². The molecule has 2 heterocycles. The number of rotatable bonds is 2. The molecule has 0 saturated heterocycles. The molecule has 0 aliphatic carbocycles. The summed E-state index contributed by atoms with van der Waals surface area (Å²) in [5, 5.41) is 15.1. The predicted molar refractivity (Wildman–Crippen MR) is 72.3 cm³/mol. The van der Waals surface area contributed by atoms with Crippen molar-refractivity contribution >= 4 is 38.2 Å². The van der Waals surface area contributed by atoms with Crippen LogP contribution < -0.4 is 0 Å². The largest absolute Gasteiger partial charge is 0.458 e. The Balaban J connectivity index is 2.07. The van der Waals surface area contributed by atoms with Gasteiger partial charge in [-0.3, -0.25) is 0 Å². The normalized spacial score (nSPS) is 13.1. The molecule has 0 fully saturated rings. The fourth-order valence-corrected chi connectivity index (χ4v) is 3.31. The molecule has 1 unspecified atom stereocenters. The van der Waals surface area contributed by atoms with E-state index in [9.17, 15) is 5.11 Å². The Bertz CT molecular complexity index is 623. The number of furan rings is 1.